The largest absolute Gasteiger partial charge is 0.411 e. The second-order valence-corrected chi connectivity index (χ2v) is 11.1. The van der Waals surface area contributed by atoms with Gasteiger partial charge in [0.05, 0.1) is 6.10 Å². The first kappa shape index (κ1) is 16.4. The lowest BCUT2D eigenvalue weighted by molar-refractivity contribution is 0.216. The summed E-state index contributed by atoms with van der Waals surface area (Å²) in [6.07, 6.45) is 6.42. The predicted octanol–water partition coefficient (Wildman–Crippen LogP) is 5.29. The first-order valence-corrected chi connectivity index (χ1v) is 9.95. The predicted molar refractivity (Wildman–Crippen MR) is 84.7 cm³/mol. The summed E-state index contributed by atoms with van der Waals surface area (Å²) in [5.74, 6) is 0. The maximum absolute atomic E-state index is 6.34. The molecule has 0 unspecified atom stereocenters. The van der Waals surface area contributed by atoms with Crippen LogP contribution in [0.1, 0.15) is 33.6 Å². The first-order chi connectivity index (χ1) is 7.24. The highest BCUT2D eigenvalue weighted by Crippen LogP contribution is 2.37. The zero-order chi connectivity index (χ0) is 12.8. The third kappa shape index (κ3) is 5.64. The summed E-state index contributed by atoms with van der Waals surface area (Å²) in [4.78, 5) is 0. The van der Waals surface area contributed by atoms with E-state index in [1.165, 1.54) is 0 Å². The average Bonchev–Trinajstić information content (AvgIpc) is 2.12. The number of hydrogen-bond acceptors (Lipinski definition) is 1. The van der Waals surface area contributed by atoms with Crippen LogP contribution in [0.4, 0.5) is 0 Å². The van der Waals surface area contributed by atoms with Gasteiger partial charge in [-0.25, -0.2) is 0 Å². The smallest absolute Gasteiger partial charge is 0.192 e. The van der Waals surface area contributed by atoms with Gasteiger partial charge in [-0.15, -0.1) is 6.58 Å². The van der Waals surface area contributed by atoms with E-state index in [0.717, 1.165) is 12.8 Å². The molecule has 1 nitrogen and oxygen atoms in total. The highest BCUT2D eigenvalue weighted by Gasteiger charge is 2.38. The minimum absolute atomic E-state index is 0.246. The van der Waals surface area contributed by atoms with E-state index in [1.807, 2.05) is 6.08 Å². The highest BCUT2D eigenvalue weighted by molar-refractivity contribution is 14.1. The topological polar surface area (TPSA) is 9.23 Å². The van der Waals surface area contributed by atoms with Crippen LogP contribution in [-0.4, -0.2) is 14.4 Å². The molecule has 0 aliphatic rings. The Bertz CT molecular complexity index is 241. The van der Waals surface area contributed by atoms with Crippen LogP contribution < -0.4 is 0 Å². The molecule has 0 aliphatic carbocycles. The van der Waals surface area contributed by atoms with Crippen molar-refractivity contribution in [1.82, 2.24) is 0 Å². The molecule has 0 N–H and O–H groups in total. The molecular formula is C13H25IOSi. The Morgan fingerprint density at radius 3 is 2.31 bits per heavy atom. The van der Waals surface area contributed by atoms with Crippen LogP contribution in [0.15, 0.2) is 22.8 Å². The maximum Gasteiger partial charge on any atom is 0.192 e. The molecular weight excluding hydrogens is 327 g/mol. The molecule has 0 saturated carbocycles. The van der Waals surface area contributed by atoms with Crippen molar-refractivity contribution in [2.75, 3.05) is 0 Å². The Kier molecular flexibility index (Phi) is 7.13. The molecule has 16 heavy (non-hydrogen) atoms. The van der Waals surface area contributed by atoms with Crippen molar-refractivity contribution in [3.05, 3.63) is 22.8 Å². The third-order valence-corrected chi connectivity index (χ3v) is 8.11. The van der Waals surface area contributed by atoms with Crippen LogP contribution in [0, 0.1) is 0 Å². The Balaban J connectivity index is 4.55. The molecule has 0 aromatic rings. The minimum atomic E-state index is -1.64. The van der Waals surface area contributed by atoms with E-state index in [2.05, 4.69) is 73.2 Å². The second kappa shape index (κ2) is 6.96. The summed E-state index contributed by atoms with van der Waals surface area (Å²) in [5, 5.41) is 0.276. The maximum atomic E-state index is 6.34. The molecule has 0 bridgehead atoms. The summed E-state index contributed by atoms with van der Waals surface area (Å²) >= 11 is 2.26. The van der Waals surface area contributed by atoms with E-state index in [-0.39, 0.29) is 11.1 Å². The lowest BCUT2D eigenvalue weighted by Gasteiger charge is -2.38. The summed E-state index contributed by atoms with van der Waals surface area (Å²) < 4.78 is 8.40. The number of halogens is 1. The summed E-state index contributed by atoms with van der Waals surface area (Å²) in [7, 11) is -1.64. The van der Waals surface area contributed by atoms with Gasteiger partial charge in [-0.3, -0.25) is 0 Å². The van der Waals surface area contributed by atoms with Crippen LogP contribution in [0.3, 0.4) is 0 Å². The van der Waals surface area contributed by atoms with Crippen molar-refractivity contribution < 1.29 is 4.43 Å². The molecule has 0 spiro atoms. The normalized spacial score (nSPS) is 15.4. The lowest BCUT2D eigenvalue weighted by atomic mass is 10.2. The zero-order valence-corrected chi connectivity index (χ0v) is 14.4. The van der Waals surface area contributed by atoms with Crippen molar-refractivity contribution >= 4 is 30.9 Å². The molecule has 0 aromatic carbocycles. The first-order valence-electron chi connectivity index (χ1n) is 5.80. The molecule has 0 fully saturated rings. The fourth-order valence-corrected chi connectivity index (χ4v) is 2.88. The van der Waals surface area contributed by atoms with E-state index in [0.29, 0.717) is 0 Å². The monoisotopic (exact) mass is 352 g/mol. The van der Waals surface area contributed by atoms with Gasteiger partial charge in [0, 0.05) is 0 Å². The van der Waals surface area contributed by atoms with Crippen LogP contribution >= 0.6 is 22.6 Å². The Morgan fingerprint density at radius 2 is 1.94 bits per heavy atom. The molecule has 0 saturated heterocycles. The van der Waals surface area contributed by atoms with E-state index in [1.54, 1.807) is 0 Å². The second-order valence-electron chi connectivity index (χ2n) is 5.60. The Labute approximate surface area is 116 Å². The number of hydrogen-bond donors (Lipinski definition) is 0. The highest BCUT2D eigenvalue weighted by atomic mass is 127. The molecule has 1 atom stereocenters. The van der Waals surface area contributed by atoms with Gasteiger partial charge in [0.1, 0.15) is 0 Å². The molecule has 0 aliphatic heterocycles. The van der Waals surface area contributed by atoms with E-state index >= 15 is 0 Å². The van der Waals surface area contributed by atoms with Crippen molar-refractivity contribution in [3.8, 4) is 0 Å². The van der Waals surface area contributed by atoms with Gasteiger partial charge in [-0.05, 0) is 35.1 Å². The van der Waals surface area contributed by atoms with Crippen molar-refractivity contribution in [2.45, 2.75) is 57.8 Å². The summed E-state index contributed by atoms with van der Waals surface area (Å²) in [6, 6.07) is 0. The number of allylic oxidation sites excluding steroid dienone is 1. The Morgan fingerprint density at radius 1 is 1.38 bits per heavy atom. The van der Waals surface area contributed by atoms with Crippen LogP contribution in [0.25, 0.3) is 0 Å². The average molecular weight is 352 g/mol. The van der Waals surface area contributed by atoms with Crippen molar-refractivity contribution in [2.24, 2.45) is 0 Å². The lowest BCUT2D eigenvalue weighted by Crippen LogP contribution is -2.43. The van der Waals surface area contributed by atoms with Gasteiger partial charge in [0.2, 0.25) is 0 Å². The molecule has 0 amide bonds. The van der Waals surface area contributed by atoms with Crippen molar-refractivity contribution in [3.63, 3.8) is 0 Å². The van der Waals surface area contributed by atoms with Gasteiger partial charge < -0.3 is 4.43 Å². The zero-order valence-electron chi connectivity index (χ0n) is 11.2. The van der Waals surface area contributed by atoms with E-state index in [4.69, 9.17) is 4.43 Å². The molecule has 0 rings (SSSR count). The van der Waals surface area contributed by atoms with Gasteiger partial charge in [-0.2, -0.15) is 0 Å². The van der Waals surface area contributed by atoms with E-state index < -0.39 is 8.32 Å². The standard InChI is InChI=1S/C13H25IOSi/c1-7-8-9-12(10-11-14)15-16(5,6)13(2,3)4/h7,10-12H,1,8-9H2,2-6H3/b11-10-/t12-/m1/s1. The minimum Gasteiger partial charge on any atom is -0.411 e. The van der Waals surface area contributed by atoms with Crippen LogP contribution in [-0.2, 0) is 4.43 Å². The van der Waals surface area contributed by atoms with Crippen LogP contribution in [0.2, 0.25) is 18.1 Å². The SMILES string of the molecule is C=CCC[C@H](/C=C\I)O[Si](C)(C)C(C)(C)C. The van der Waals surface area contributed by atoms with Gasteiger partial charge in [0.15, 0.2) is 8.32 Å². The summed E-state index contributed by atoms with van der Waals surface area (Å²) in [6.45, 7) is 15.2. The number of rotatable bonds is 6. The van der Waals surface area contributed by atoms with Crippen LogP contribution in [0.5, 0.6) is 0 Å². The quantitative estimate of drug-likeness (QED) is 0.358. The van der Waals surface area contributed by atoms with Crippen molar-refractivity contribution in [1.29, 1.82) is 0 Å². The van der Waals surface area contributed by atoms with Gasteiger partial charge in [-0.1, -0.05) is 55.5 Å². The van der Waals surface area contributed by atoms with E-state index in [9.17, 15) is 0 Å². The van der Waals surface area contributed by atoms with Gasteiger partial charge in [0.25, 0.3) is 0 Å². The fourth-order valence-electron chi connectivity index (χ4n) is 1.11. The molecule has 0 heterocycles. The molecule has 0 aromatic heterocycles. The summed E-state index contributed by atoms with van der Waals surface area (Å²) in [5.41, 5.74) is 0. The molecule has 0 radical (unpaired) electrons. The Hall–Kier alpha value is 0.387. The molecule has 3 heteroatoms. The molecule has 94 valence electrons. The third-order valence-electron chi connectivity index (χ3n) is 3.19. The fraction of sp³-hybridized carbons (Fsp3) is 0.692. The van der Waals surface area contributed by atoms with Gasteiger partial charge >= 0.3 is 0 Å².